The van der Waals surface area contributed by atoms with Gasteiger partial charge in [0.25, 0.3) is 0 Å². The molecule has 2 rings (SSSR count). The van der Waals surface area contributed by atoms with Gasteiger partial charge in [0.05, 0.1) is 18.3 Å². The molecule has 0 saturated carbocycles. The van der Waals surface area contributed by atoms with Crippen molar-refractivity contribution in [1.82, 2.24) is 4.90 Å². The highest BCUT2D eigenvalue weighted by Gasteiger charge is 2.30. The number of rotatable bonds is 4. The van der Waals surface area contributed by atoms with Gasteiger partial charge in [-0.05, 0) is 64.2 Å². The van der Waals surface area contributed by atoms with Crippen LogP contribution in [0.25, 0.3) is 0 Å². The Kier molecular flexibility index (Phi) is 6.64. The van der Waals surface area contributed by atoms with Gasteiger partial charge in [-0.3, -0.25) is 0 Å². The Morgan fingerprint density at radius 3 is 2.50 bits per heavy atom. The number of carbonyl (C=O) groups is 2. The zero-order valence-corrected chi connectivity index (χ0v) is 16.0. The average molecular weight is 363 g/mol. The Bertz CT molecular complexity index is 629. The lowest BCUT2D eigenvalue weighted by Gasteiger charge is -2.35. The number of hydrogen-bond donors (Lipinski definition) is 1. The maximum atomic E-state index is 12.1. The first-order chi connectivity index (χ1) is 12.2. The van der Waals surface area contributed by atoms with E-state index in [1.54, 1.807) is 30.0 Å². The summed E-state index contributed by atoms with van der Waals surface area (Å²) in [7, 11) is 0. The van der Waals surface area contributed by atoms with Crippen molar-refractivity contribution in [2.75, 3.05) is 19.7 Å². The predicted octanol–water partition coefficient (Wildman–Crippen LogP) is 3.54. The fraction of sp³-hybridized carbons (Fsp3) is 0.600. The van der Waals surface area contributed by atoms with Crippen molar-refractivity contribution in [3.63, 3.8) is 0 Å². The van der Waals surface area contributed by atoms with Crippen molar-refractivity contribution in [3.8, 4) is 0 Å². The molecule has 0 radical (unpaired) electrons. The van der Waals surface area contributed by atoms with E-state index < -0.39 is 11.7 Å². The number of aliphatic hydroxyl groups is 1. The molecule has 6 heteroatoms. The first-order valence-electron chi connectivity index (χ1n) is 9.14. The molecule has 1 aromatic carbocycles. The second kappa shape index (κ2) is 8.54. The number of nitrogens with zero attached hydrogens (tertiary/aromatic N) is 1. The minimum absolute atomic E-state index is 0.0335. The summed E-state index contributed by atoms with van der Waals surface area (Å²) in [5.41, 5.74) is 0.627. The predicted molar refractivity (Wildman–Crippen MR) is 97.9 cm³/mol. The van der Waals surface area contributed by atoms with E-state index in [2.05, 4.69) is 0 Å². The summed E-state index contributed by atoms with van der Waals surface area (Å²) < 4.78 is 10.4. The number of likely N-dealkylation sites (tertiary alicyclic amines) is 1. The lowest BCUT2D eigenvalue weighted by Crippen LogP contribution is -2.42. The molecule has 1 saturated heterocycles. The lowest BCUT2D eigenvalue weighted by molar-refractivity contribution is 0.00761. The van der Waals surface area contributed by atoms with Crippen molar-refractivity contribution >= 4 is 12.1 Å². The number of esters is 1. The van der Waals surface area contributed by atoms with E-state index in [4.69, 9.17) is 9.47 Å². The molecule has 1 fully saturated rings. The smallest absolute Gasteiger partial charge is 0.410 e. The topological polar surface area (TPSA) is 76.1 Å². The Hall–Kier alpha value is -2.08. The second-order valence-electron chi connectivity index (χ2n) is 7.60. The SMILES string of the molecule is CCOC(=O)c1cccc(C(O)C2CCN(C(=O)OC(C)(C)C)CC2)c1. The molecule has 1 atom stereocenters. The van der Waals surface area contributed by atoms with E-state index in [1.165, 1.54) is 0 Å². The van der Waals surface area contributed by atoms with E-state index in [1.807, 2.05) is 26.8 Å². The molecule has 0 aliphatic carbocycles. The second-order valence-corrected chi connectivity index (χ2v) is 7.60. The maximum Gasteiger partial charge on any atom is 0.410 e. The quantitative estimate of drug-likeness (QED) is 0.828. The van der Waals surface area contributed by atoms with E-state index in [0.29, 0.717) is 43.7 Å². The molecule has 1 aliphatic rings. The molecule has 1 unspecified atom stereocenters. The van der Waals surface area contributed by atoms with E-state index in [0.717, 1.165) is 0 Å². The fourth-order valence-electron chi connectivity index (χ4n) is 3.06. The van der Waals surface area contributed by atoms with Crippen molar-refractivity contribution in [1.29, 1.82) is 0 Å². The van der Waals surface area contributed by atoms with Crippen LogP contribution in [0.4, 0.5) is 4.79 Å². The van der Waals surface area contributed by atoms with Crippen LogP contribution in [0.5, 0.6) is 0 Å². The lowest BCUT2D eigenvalue weighted by atomic mass is 9.87. The van der Waals surface area contributed by atoms with Gasteiger partial charge < -0.3 is 19.5 Å². The van der Waals surface area contributed by atoms with Crippen molar-refractivity contribution in [3.05, 3.63) is 35.4 Å². The van der Waals surface area contributed by atoms with Crippen molar-refractivity contribution in [2.24, 2.45) is 5.92 Å². The maximum absolute atomic E-state index is 12.1. The molecule has 0 aromatic heterocycles. The molecule has 0 spiro atoms. The molecule has 144 valence electrons. The van der Waals surface area contributed by atoms with Crippen LogP contribution in [-0.2, 0) is 9.47 Å². The van der Waals surface area contributed by atoms with E-state index in [9.17, 15) is 14.7 Å². The average Bonchev–Trinajstić information content (AvgIpc) is 2.60. The zero-order chi connectivity index (χ0) is 19.3. The number of hydrogen-bond acceptors (Lipinski definition) is 5. The first kappa shape index (κ1) is 20.2. The molecular weight excluding hydrogens is 334 g/mol. The highest BCUT2D eigenvalue weighted by molar-refractivity contribution is 5.89. The minimum Gasteiger partial charge on any atom is -0.462 e. The number of amides is 1. The van der Waals surface area contributed by atoms with Crippen molar-refractivity contribution in [2.45, 2.75) is 52.2 Å². The number of piperidine rings is 1. The fourth-order valence-corrected chi connectivity index (χ4v) is 3.06. The van der Waals surface area contributed by atoms with Crippen LogP contribution in [0.15, 0.2) is 24.3 Å². The summed E-state index contributed by atoms with van der Waals surface area (Å²) in [6.45, 7) is 8.71. The van der Waals surface area contributed by atoms with Gasteiger partial charge in [0.15, 0.2) is 0 Å². The summed E-state index contributed by atoms with van der Waals surface area (Å²) >= 11 is 0. The molecule has 0 bridgehead atoms. The van der Waals surface area contributed by atoms with Gasteiger partial charge in [0.1, 0.15) is 5.60 Å². The molecule has 1 N–H and O–H groups in total. The minimum atomic E-state index is -0.676. The summed E-state index contributed by atoms with van der Waals surface area (Å²) in [5, 5.41) is 10.7. The third kappa shape index (κ3) is 5.46. The van der Waals surface area contributed by atoms with Gasteiger partial charge in [-0.1, -0.05) is 12.1 Å². The Labute approximate surface area is 155 Å². The van der Waals surface area contributed by atoms with Gasteiger partial charge >= 0.3 is 12.1 Å². The summed E-state index contributed by atoms with van der Waals surface area (Å²) in [6, 6.07) is 6.93. The zero-order valence-electron chi connectivity index (χ0n) is 16.0. The summed E-state index contributed by atoms with van der Waals surface area (Å²) in [4.78, 5) is 25.7. The van der Waals surface area contributed by atoms with Gasteiger partial charge in [-0.2, -0.15) is 0 Å². The summed E-state index contributed by atoms with van der Waals surface area (Å²) in [5.74, 6) is -0.354. The molecule has 26 heavy (non-hydrogen) atoms. The van der Waals surface area contributed by atoms with Crippen LogP contribution < -0.4 is 0 Å². The molecule has 1 aliphatic heterocycles. The monoisotopic (exact) mass is 363 g/mol. The number of aliphatic hydroxyl groups excluding tert-OH is 1. The molecular formula is C20H29NO5. The molecule has 1 aromatic rings. The van der Waals surface area contributed by atoms with Gasteiger partial charge in [0, 0.05) is 13.1 Å². The van der Waals surface area contributed by atoms with E-state index in [-0.39, 0.29) is 18.0 Å². The standard InChI is InChI=1S/C20H29NO5/c1-5-25-18(23)16-8-6-7-15(13-16)17(22)14-9-11-21(12-10-14)19(24)26-20(2,3)4/h6-8,13-14,17,22H,5,9-12H2,1-4H3. The van der Waals surface area contributed by atoms with Crippen molar-refractivity contribution < 1.29 is 24.2 Å². The van der Waals surface area contributed by atoms with Gasteiger partial charge in [-0.15, -0.1) is 0 Å². The van der Waals surface area contributed by atoms with Gasteiger partial charge in [-0.25, -0.2) is 9.59 Å². The Morgan fingerprint density at radius 2 is 1.92 bits per heavy atom. The largest absolute Gasteiger partial charge is 0.462 e. The van der Waals surface area contributed by atoms with Crippen LogP contribution in [-0.4, -0.2) is 47.4 Å². The third-order valence-electron chi connectivity index (χ3n) is 4.38. The molecule has 6 nitrogen and oxygen atoms in total. The van der Waals surface area contributed by atoms with E-state index >= 15 is 0 Å². The van der Waals surface area contributed by atoms with Crippen LogP contribution in [0.3, 0.4) is 0 Å². The van der Waals surface area contributed by atoms with Crippen LogP contribution in [0.1, 0.15) is 62.6 Å². The molecule has 1 amide bonds. The Balaban J connectivity index is 1.96. The Morgan fingerprint density at radius 1 is 1.27 bits per heavy atom. The first-order valence-corrected chi connectivity index (χ1v) is 9.14. The number of carbonyl (C=O) groups excluding carboxylic acids is 2. The number of ether oxygens (including phenoxy) is 2. The van der Waals surface area contributed by atoms with Crippen LogP contribution >= 0.6 is 0 Å². The highest BCUT2D eigenvalue weighted by Crippen LogP contribution is 2.31. The molecule has 1 heterocycles. The van der Waals surface area contributed by atoms with Gasteiger partial charge in [0.2, 0.25) is 0 Å². The van der Waals surface area contributed by atoms with Crippen LogP contribution in [0.2, 0.25) is 0 Å². The summed E-state index contributed by atoms with van der Waals surface area (Å²) in [6.07, 6.45) is 0.383. The van der Waals surface area contributed by atoms with Crippen LogP contribution in [0, 0.1) is 5.92 Å². The highest BCUT2D eigenvalue weighted by atomic mass is 16.6. The third-order valence-corrected chi connectivity index (χ3v) is 4.38. The normalized spacial score (nSPS) is 16.9. The number of benzene rings is 1.